The lowest BCUT2D eigenvalue weighted by atomic mass is 9.89. The van der Waals surface area contributed by atoms with Gasteiger partial charge in [0.2, 0.25) is 0 Å². The van der Waals surface area contributed by atoms with E-state index in [4.69, 9.17) is 4.84 Å². The van der Waals surface area contributed by atoms with Gasteiger partial charge in [0, 0.05) is 6.04 Å². The van der Waals surface area contributed by atoms with E-state index in [2.05, 4.69) is 33.2 Å². The van der Waals surface area contributed by atoms with Crippen LogP contribution in [0.2, 0.25) is 0 Å². The molecule has 2 N–H and O–H groups in total. The van der Waals surface area contributed by atoms with Gasteiger partial charge < -0.3 is 5.11 Å². The lowest BCUT2D eigenvalue weighted by Crippen LogP contribution is -2.38. The number of rotatable bonds is 5. The van der Waals surface area contributed by atoms with Crippen LogP contribution in [-0.2, 0) is 4.84 Å². The van der Waals surface area contributed by atoms with E-state index in [-0.39, 0.29) is 18.1 Å². The van der Waals surface area contributed by atoms with Gasteiger partial charge in [0.15, 0.2) is 0 Å². The first-order chi connectivity index (χ1) is 7.91. The van der Waals surface area contributed by atoms with E-state index in [1.807, 2.05) is 30.3 Å². The van der Waals surface area contributed by atoms with Crippen molar-refractivity contribution in [2.45, 2.75) is 39.8 Å². The molecule has 0 heterocycles. The summed E-state index contributed by atoms with van der Waals surface area (Å²) in [4.78, 5) is 5.34. The molecule has 0 saturated heterocycles. The molecule has 0 radical (unpaired) electrons. The van der Waals surface area contributed by atoms with Gasteiger partial charge in [-0.2, -0.15) is 5.48 Å². The summed E-state index contributed by atoms with van der Waals surface area (Å²) in [6, 6.07) is 9.75. The standard InChI is InChI=1S/C14H23NO2/c1-11(14(2,3)4)15-17-10-13(16)12-8-6-5-7-9-12/h5-9,11,13,15-16H,10H2,1-4H3/t11-,13-/m1/s1. The molecule has 0 aromatic heterocycles. The van der Waals surface area contributed by atoms with Crippen LogP contribution >= 0.6 is 0 Å². The van der Waals surface area contributed by atoms with Gasteiger partial charge in [-0.05, 0) is 17.9 Å². The number of hydrogen-bond donors (Lipinski definition) is 2. The van der Waals surface area contributed by atoms with E-state index < -0.39 is 6.10 Å². The molecule has 0 unspecified atom stereocenters. The van der Waals surface area contributed by atoms with Crippen LogP contribution in [0.4, 0.5) is 0 Å². The minimum Gasteiger partial charge on any atom is -0.386 e. The third-order valence-corrected chi connectivity index (χ3v) is 2.98. The lowest BCUT2D eigenvalue weighted by molar-refractivity contribution is -0.0494. The van der Waals surface area contributed by atoms with Gasteiger partial charge >= 0.3 is 0 Å². The Hall–Kier alpha value is -0.900. The van der Waals surface area contributed by atoms with Crippen molar-refractivity contribution in [2.24, 2.45) is 5.41 Å². The number of aliphatic hydroxyl groups is 1. The van der Waals surface area contributed by atoms with E-state index in [1.165, 1.54) is 0 Å². The molecular weight excluding hydrogens is 214 g/mol. The van der Waals surface area contributed by atoms with Crippen molar-refractivity contribution in [3.63, 3.8) is 0 Å². The number of aliphatic hydroxyl groups excluding tert-OH is 1. The van der Waals surface area contributed by atoms with Gasteiger partial charge in [0.25, 0.3) is 0 Å². The van der Waals surface area contributed by atoms with Crippen molar-refractivity contribution in [2.75, 3.05) is 6.61 Å². The van der Waals surface area contributed by atoms with Gasteiger partial charge in [-0.3, -0.25) is 4.84 Å². The zero-order chi connectivity index (χ0) is 12.9. The highest BCUT2D eigenvalue weighted by Crippen LogP contribution is 2.18. The van der Waals surface area contributed by atoms with Crippen molar-refractivity contribution in [3.8, 4) is 0 Å². The smallest absolute Gasteiger partial charge is 0.104 e. The van der Waals surface area contributed by atoms with E-state index in [9.17, 15) is 5.11 Å². The first-order valence-corrected chi connectivity index (χ1v) is 6.01. The Kier molecular flexibility index (Phi) is 5.12. The Balaban J connectivity index is 2.33. The van der Waals surface area contributed by atoms with Crippen molar-refractivity contribution in [1.29, 1.82) is 0 Å². The Bertz CT molecular complexity index is 319. The number of benzene rings is 1. The fourth-order valence-corrected chi connectivity index (χ4v) is 1.20. The second kappa shape index (κ2) is 6.15. The highest BCUT2D eigenvalue weighted by Gasteiger charge is 2.20. The van der Waals surface area contributed by atoms with Crippen LogP contribution < -0.4 is 5.48 Å². The average Bonchev–Trinajstić information content (AvgIpc) is 2.28. The molecule has 3 nitrogen and oxygen atoms in total. The fraction of sp³-hybridized carbons (Fsp3) is 0.571. The lowest BCUT2D eigenvalue weighted by Gasteiger charge is -2.28. The molecule has 0 bridgehead atoms. The van der Waals surface area contributed by atoms with E-state index in [0.717, 1.165) is 5.56 Å². The molecule has 96 valence electrons. The molecule has 0 saturated carbocycles. The van der Waals surface area contributed by atoms with Crippen molar-refractivity contribution >= 4 is 0 Å². The van der Waals surface area contributed by atoms with Gasteiger partial charge in [0.1, 0.15) is 6.10 Å². The van der Waals surface area contributed by atoms with Crippen LogP contribution in [0.15, 0.2) is 30.3 Å². The van der Waals surface area contributed by atoms with Crippen molar-refractivity contribution in [3.05, 3.63) is 35.9 Å². The zero-order valence-corrected chi connectivity index (χ0v) is 11.1. The van der Waals surface area contributed by atoms with Crippen LogP contribution in [0.3, 0.4) is 0 Å². The molecule has 3 heteroatoms. The Morgan fingerprint density at radius 1 is 1.24 bits per heavy atom. The number of nitrogens with one attached hydrogen (secondary N) is 1. The first kappa shape index (κ1) is 14.2. The summed E-state index contributed by atoms with van der Waals surface area (Å²) in [5.41, 5.74) is 3.97. The summed E-state index contributed by atoms with van der Waals surface area (Å²) in [6.45, 7) is 8.74. The summed E-state index contributed by atoms with van der Waals surface area (Å²) in [5.74, 6) is 0. The molecule has 1 aromatic carbocycles. The number of hydrogen-bond acceptors (Lipinski definition) is 3. The molecule has 17 heavy (non-hydrogen) atoms. The van der Waals surface area contributed by atoms with E-state index in [1.54, 1.807) is 0 Å². The van der Waals surface area contributed by atoms with Crippen LogP contribution in [0.5, 0.6) is 0 Å². The summed E-state index contributed by atoms with van der Waals surface area (Å²) in [5, 5.41) is 9.87. The Morgan fingerprint density at radius 2 is 1.82 bits per heavy atom. The maximum Gasteiger partial charge on any atom is 0.104 e. The molecular formula is C14H23NO2. The maximum absolute atomic E-state index is 9.87. The van der Waals surface area contributed by atoms with Gasteiger partial charge in [-0.15, -0.1) is 0 Å². The zero-order valence-electron chi connectivity index (χ0n) is 11.1. The second-order valence-electron chi connectivity index (χ2n) is 5.44. The quantitative estimate of drug-likeness (QED) is 0.774. The van der Waals surface area contributed by atoms with E-state index >= 15 is 0 Å². The molecule has 0 aliphatic heterocycles. The predicted molar refractivity (Wildman–Crippen MR) is 69.4 cm³/mol. The largest absolute Gasteiger partial charge is 0.386 e. The molecule has 0 aliphatic carbocycles. The van der Waals surface area contributed by atoms with Gasteiger partial charge in [0.05, 0.1) is 6.61 Å². The Morgan fingerprint density at radius 3 is 2.35 bits per heavy atom. The van der Waals surface area contributed by atoms with E-state index in [0.29, 0.717) is 0 Å². The summed E-state index contributed by atoms with van der Waals surface area (Å²) in [7, 11) is 0. The minimum atomic E-state index is -0.587. The minimum absolute atomic E-state index is 0.137. The fourth-order valence-electron chi connectivity index (χ4n) is 1.20. The maximum atomic E-state index is 9.87. The topological polar surface area (TPSA) is 41.5 Å². The molecule has 0 amide bonds. The molecule has 0 spiro atoms. The van der Waals surface area contributed by atoms with Gasteiger partial charge in [-0.1, -0.05) is 51.1 Å². The third kappa shape index (κ3) is 4.86. The third-order valence-electron chi connectivity index (χ3n) is 2.98. The van der Waals surface area contributed by atoms with Crippen LogP contribution in [0.1, 0.15) is 39.4 Å². The normalized spacial score (nSPS) is 15.6. The molecule has 0 aliphatic rings. The van der Waals surface area contributed by atoms with Crippen LogP contribution in [-0.4, -0.2) is 17.8 Å². The molecule has 1 rings (SSSR count). The predicted octanol–water partition coefficient (Wildman–Crippen LogP) is 2.68. The molecule has 2 atom stereocenters. The molecule has 1 aromatic rings. The SMILES string of the molecule is C[C@@H](NOC[C@@H](O)c1ccccc1)C(C)(C)C. The van der Waals surface area contributed by atoms with Crippen molar-refractivity contribution < 1.29 is 9.94 Å². The second-order valence-corrected chi connectivity index (χ2v) is 5.44. The number of hydroxylamine groups is 1. The Labute approximate surface area is 104 Å². The highest BCUT2D eigenvalue weighted by molar-refractivity contribution is 5.17. The highest BCUT2D eigenvalue weighted by atomic mass is 16.6. The van der Waals surface area contributed by atoms with Crippen LogP contribution in [0, 0.1) is 5.41 Å². The van der Waals surface area contributed by atoms with Gasteiger partial charge in [-0.25, -0.2) is 0 Å². The average molecular weight is 237 g/mol. The molecule has 0 fully saturated rings. The van der Waals surface area contributed by atoms with Crippen molar-refractivity contribution in [1.82, 2.24) is 5.48 Å². The summed E-state index contributed by atoms with van der Waals surface area (Å²) < 4.78 is 0. The monoisotopic (exact) mass is 237 g/mol. The first-order valence-electron chi connectivity index (χ1n) is 6.01. The summed E-state index contributed by atoms with van der Waals surface area (Å²) >= 11 is 0. The van der Waals surface area contributed by atoms with Crippen LogP contribution in [0.25, 0.3) is 0 Å². The summed E-state index contributed by atoms with van der Waals surface area (Å²) in [6.07, 6.45) is -0.587.